The molecule has 2 N–H and O–H groups in total. The van der Waals surface area contributed by atoms with Crippen LogP contribution < -0.4 is 20.1 Å². The second kappa shape index (κ2) is 11.5. The number of hydrogen-bond donors (Lipinski definition) is 2. The fraction of sp³-hybridized carbons (Fsp3) is 0.478. The van der Waals surface area contributed by atoms with E-state index in [2.05, 4.69) is 48.7 Å². The van der Waals surface area contributed by atoms with Crippen molar-refractivity contribution in [2.75, 3.05) is 25.0 Å². The fourth-order valence-electron chi connectivity index (χ4n) is 2.59. The highest BCUT2D eigenvalue weighted by atomic mass is 16.5. The first-order valence-corrected chi connectivity index (χ1v) is 9.96. The van der Waals surface area contributed by atoms with Crippen LogP contribution in [0.25, 0.3) is 0 Å². The summed E-state index contributed by atoms with van der Waals surface area (Å²) < 4.78 is 11.5. The van der Waals surface area contributed by atoms with Gasteiger partial charge in [-0.05, 0) is 56.0 Å². The lowest BCUT2D eigenvalue weighted by atomic mass is 10.1. The van der Waals surface area contributed by atoms with Crippen molar-refractivity contribution in [3.63, 3.8) is 0 Å². The lowest BCUT2D eigenvalue weighted by Gasteiger charge is -2.12. The Balaban J connectivity index is 1.65. The molecule has 0 aromatic heterocycles. The van der Waals surface area contributed by atoms with Gasteiger partial charge in [-0.25, -0.2) is 0 Å². The Morgan fingerprint density at radius 3 is 2.37 bits per heavy atom. The van der Waals surface area contributed by atoms with Crippen LogP contribution in [0, 0.1) is 5.92 Å². The van der Waals surface area contributed by atoms with Crippen LogP contribution in [-0.4, -0.2) is 25.8 Å². The van der Waals surface area contributed by atoms with E-state index in [9.17, 15) is 0 Å². The molecule has 27 heavy (non-hydrogen) atoms. The number of nitrogens with one attached hydrogen (secondary N) is 2. The zero-order valence-corrected chi connectivity index (χ0v) is 17.1. The van der Waals surface area contributed by atoms with Gasteiger partial charge < -0.3 is 20.1 Å². The highest BCUT2D eigenvalue weighted by Gasteiger charge is 2.00. The molecular weight excluding hydrogens is 336 g/mol. The average Bonchev–Trinajstić information content (AvgIpc) is 2.62. The van der Waals surface area contributed by atoms with E-state index in [4.69, 9.17) is 9.47 Å². The van der Waals surface area contributed by atoms with Gasteiger partial charge in [0.15, 0.2) is 0 Å². The molecule has 0 aliphatic carbocycles. The average molecular weight is 371 g/mol. The molecule has 0 spiro atoms. The summed E-state index contributed by atoms with van der Waals surface area (Å²) in [6.07, 6.45) is 1.28. The van der Waals surface area contributed by atoms with E-state index in [0.717, 1.165) is 49.8 Å². The first-order valence-electron chi connectivity index (χ1n) is 9.96. The van der Waals surface area contributed by atoms with Crippen LogP contribution in [0.3, 0.4) is 0 Å². The molecule has 0 heterocycles. The van der Waals surface area contributed by atoms with Gasteiger partial charge in [-0.2, -0.15) is 0 Å². The Labute approximate surface area is 164 Å². The van der Waals surface area contributed by atoms with Gasteiger partial charge in [0.25, 0.3) is 0 Å². The van der Waals surface area contributed by atoms with E-state index in [1.807, 2.05) is 38.1 Å². The number of rotatable bonds is 12. The molecule has 0 bridgehead atoms. The number of anilines is 1. The van der Waals surface area contributed by atoms with Gasteiger partial charge in [0.2, 0.25) is 0 Å². The third kappa shape index (κ3) is 8.83. The first kappa shape index (κ1) is 21.1. The van der Waals surface area contributed by atoms with Gasteiger partial charge >= 0.3 is 0 Å². The van der Waals surface area contributed by atoms with Crippen LogP contribution in [0.1, 0.15) is 39.7 Å². The van der Waals surface area contributed by atoms with E-state index in [0.29, 0.717) is 5.92 Å². The van der Waals surface area contributed by atoms with E-state index >= 15 is 0 Å². The molecule has 0 aliphatic rings. The van der Waals surface area contributed by atoms with E-state index in [1.165, 1.54) is 5.56 Å². The number of benzene rings is 2. The lowest BCUT2D eigenvalue weighted by Crippen LogP contribution is -2.21. The second-order valence-electron chi connectivity index (χ2n) is 7.47. The van der Waals surface area contributed by atoms with E-state index in [-0.39, 0.29) is 6.10 Å². The summed E-state index contributed by atoms with van der Waals surface area (Å²) >= 11 is 0. The van der Waals surface area contributed by atoms with Gasteiger partial charge in [-0.15, -0.1) is 0 Å². The smallest absolute Gasteiger partial charge is 0.121 e. The monoisotopic (exact) mass is 370 g/mol. The topological polar surface area (TPSA) is 42.5 Å². The number of ether oxygens (including phenoxy) is 2. The minimum Gasteiger partial charge on any atom is -0.494 e. The van der Waals surface area contributed by atoms with Crippen molar-refractivity contribution >= 4 is 5.69 Å². The highest BCUT2D eigenvalue weighted by Crippen LogP contribution is 2.18. The van der Waals surface area contributed by atoms with Gasteiger partial charge in [0, 0.05) is 31.4 Å². The van der Waals surface area contributed by atoms with Gasteiger partial charge in [-0.1, -0.05) is 32.0 Å². The van der Waals surface area contributed by atoms with E-state index in [1.54, 1.807) is 0 Å². The zero-order chi connectivity index (χ0) is 19.5. The van der Waals surface area contributed by atoms with Crippen molar-refractivity contribution in [1.29, 1.82) is 0 Å². The van der Waals surface area contributed by atoms with Crippen molar-refractivity contribution in [2.24, 2.45) is 5.92 Å². The summed E-state index contributed by atoms with van der Waals surface area (Å²) in [6, 6.07) is 16.4. The fourth-order valence-corrected chi connectivity index (χ4v) is 2.59. The van der Waals surface area contributed by atoms with E-state index < -0.39 is 0 Å². The first-order chi connectivity index (χ1) is 13.0. The Bertz CT molecular complexity index is 654. The molecule has 4 nitrogen and oxygen atoms in total. The van der Waals surface area contributed by atoms with Crippen molar-refractivity contribution in [2.45, 2.75) is 46.8 Å². The maximum atomic E-state index is 5.81. The molecule has 2 aromatic rings. The molecule has 0 aliphatic heterocycles. The molecule has 148 valence electrons. The molecule has 0 atom stereocenters. The summed E-state index contributed by atoms with van der Waals surface area (Å²) in [6.45, 7) is 11.9. The predicted molar refractivity (Wildman–Crippen MR) is 114 cm³/mol. The summed E-state index contributed by atoms with van der Waals surface area (Å²) in [4.78, 5) is 0. The normalized spacial score (nSPS) is 11.0. The molecule has 0 amide bonds. The molecule has 2 rings (SSSR count). The summed E-state index contributed by atoms with van der Waals surface area (Å²) in [7, 11) is 0. The molecule has 4 heteroatoms. The van der Waals surface area contributed by atoms with Crippen LogP contribution in [0.15, 0.2) is 48.5 Å². The summed E-state index contributed by atoms with van der Waals surface area (Å²) in [5.74, 6) is 2.51. The molecule has 0 unspecified atom stereocenters. The Morgan fingerprint density at radius 1 is 0.889 bits per heavy atom. The van der Waals surface area contributed by atoms with Crippen LogP contribution in [0.5, 0.6) is 11.5 Å². The van der Waals surface area contributed by atoms with Crippen LogP contribution in [-0.2, 0) is 6.54 Å². The van der Waals surface area contributed by atoms with Crippen molar-refractivity contribution in [1.82, 2.24) is 5.32 Å². The molecule has 0 fully saturated rings. The molecule has 0 radical (unpaired) electrons. The van der Waals surface area contributed by atoms with Crippen LogP contribution in [0.4, 0.5) is 5.69 Å². The Morgan fingerprint density at radius 2 is 1.67 bits per heavy atom. The summed E-state index contributed by atoms with van der Waals surface area (Å²) in [5.41, 5.74) is 2.35. The number of hydrogen-bond acceptors (Lipinski definition) is 4. The van der Waals surface area contributed by atoms with Gasteiger partial charge in [0.1, 0.15) is 11.5 Å². The molecular formula is C23H34N2O2. The third-order valence-corrected chi connectivity index (χ3v) is 4.05. The second-order valence-corrected chi connectivity index (χ2v) is 7.47. The maximum absolute atomic E-state index is 5.81. The minimum atomic E-state index is 0.208. The molecule has 0 saturated carbocycles. The van der Waals surface area contributed by atoms with Crippen LogP contribution >= 0.6 is 0 Å². The lowest BCUT2D eigenvalue weighted by molar-refractivity contribution is 0.242. The zero-order valence-electron chi connectivity index (χ0n) is 17.1. The van der Waals surface area contributed by atoms with Crippen molar-refractivity contribution in [3.8, 4) is 11.5 Å². The van der Waals surface area contributed by atoms with Gasteiger partial charge in [0.05, 0.1) is 12.7 Å². The Hall–Kier alpha value is -2.20. The minimum absolute atomic E-state index is 0.208. The molecule has 2 aromatic carbocycles. The molecule has 0 saturated heterocycles. The maximum Gasteiger partial charge on any atom is 0.121 e. The summed E-state index contributed by atoms with van der Waals surface area (Å²) in [5, 5.41) is 6.90. The highest BCUT2D eigenvalue weighted by molar-refractivity contribution is 5.48. The third-order valence-electron chi connectivity index (χ3n) is 4.05. The van der Waals surface area contributed by atoms with Crippen molar-refractivity contribution in [3.05, 3.63) is 54.1 Å². The van der Waals surface area contributed by atoms with Crippen LogP contribution in [0.2, 0.25) is 0 Å². The quantitative estimate of drug-likeness (QED) is 0.510. The standard InChI is InChI=1S/C23H34N2O2/c1-18(2)12-15-26-23-7-5-6-21(16-23)25-14-13-24-17-20-8-10-22(11-9-20)27-19(3)4/h5-11,16,18-19,24-25H,12-15,17H2,1-4H3. The largest absolute Gasteiger partial charge is 0.494 e. The Kier molecular flexibility index (Phi) is 8.99. The predicted octanol–water partition coefficient (Wildman–Crippen LogP) is 5.10. The van der Waals surface area contributed by atoms with Gasteiger partial charge in [-0.3, -0.25) is 0 Å². The van der Waals surface area contributed by atoms with Crippen molar-refractivity contribution < 1.29 is 9.47 Å². The SMILES string of the molecule is CC(C)CCOc1cccc(NCCNCc2ccc(OC(C)C)cc2)c1.